The van der Waals surface area contributed by atoms with Gasteiger partial charge >= 0.3 is 0 Å². The molecule has 3 heteroatoms. The van der Waals surface area contributed by atoms with E-state index in [1.165, 1.54) is 5.56 Å². The summed E-state index contributed by atoms with van der Waals surface area (Å²) < 4.78 is 6.48. The lowest BCUT2D eigenvalue weighted by Crippen LogP contribution is -2.17. The molecule has 2 aromatic rings. The van der Waals surface area contributed by atoms with E-state index < -0.39 is 0 Å². The van der Waals surface area contributed by atoms with Crippen molar-refractivity contribution < 1.29 is 4.74 Å². The highest BCUT2D eigenvalue weighted by Gasteiger charge is 2.17. The first-order valence-electron chi connectivity index (χ1n) is 6.86. The lowest BCUT2D eigenvalue weighted by Gasteiger charge is -2.21. The maximum atomic E-state index is 6.40. The Morgan fingerprint density at radius 1 is 1.10 bits per heavy atom. The van der Waals surface area contributed by atoms with E-state index in [-0.39, 0.29) is 12.0 Å². The largest absolute Gasteiger partial charge is 0.493 e. The number of benzene rings is 2. The van der Waals surface area contributed by atoms with Crippen molar-refractivity contribution in [3.63, 3.8) is 0 Å². The van der Waals surface area contributed by atoms with Crippen molar-refractivity contribution in [2.75, 3.05) is 6.61 Å². The molecule has 106 valence electrons. The summed E-state index contributed by atoms with van der Waals surface area (Å²) in [6.07, 6.45) is 0. The van der Waals surface area contributed by atoms with E-state index in [2.05, 4.69) is 41.1 Å². The van der Waals surface area contributed by atoms with Gasteiger partial charge in [0, 0.05) is 12.0 Å². The van der Waals surface area contributed by atoms with Gasteiger partial charge in [0.15, 0.2) is 0 Å². The molecule has 2 rings (SSSR count). The van der Waals surface area contributed by atoms with Crippen molar-refractivity contribution in [3.8, 4) is 5.75 Å². The van der Waals surface area contributed by atoms with Gasteiger partial charge in [-0.25, -0.2) is 0 Å². The Labute approximate surface area is 129 Å². The van der Waals surface area contributed by atoms with Crippen LogP contribution in [0.15, 0.2) is 53.0 Å². The molecule has 0 fully saturated rings. The van der Waals surface area contributed by atoms with Gasteiger partial charge in [0.1, 0.15) is 5.75 Å². The fraction of sp³-hybridized carbons (Fsp3) is 0.294. The van der Waals surface area contributed by atoms with Crippen LogP contribution in [-0.2, 0) is 0 Å². The molecule has 2 unspecified atom stereocenters. The van der Waals surface area contributed by atoms with Crippen molar-refractivity contribution in [2.24, 2.45) is 5.73 Å². The molecule has 0 aliphatic carbocycles. The molecule has 0 aliphatic heterocycles. The maximum Gasteiger partial charge on any atom is 0.133 e. The minimum Gasteiger partial charge on any atom is -0.493 e. The summed E-state index contributed by atoms with van der Waals surface area (Å²) in [5, 5.41) is 0. The van der Waals surface area contributed by atoms with Crippen molar-refractivity contribution in [3.05, 3.63) is 64.1 Å². The average Bonchev–Trinajstić information content (AvgIpc) is 2.49. The fourth-order valence-corrected chi connectivity index (χ4v) is 2.76. The smallest absolute Gasteiger partial charge is 0.133 e. The molecule has 2 aromatic carbocycles. The molecule has 2 nitrogen and oxygen atoms in total. The molecular formula is C17H20BrNO. The van der Waals surface area contributed by atoms with Crippen LogP contribution < -0.4 is 10.5 Å². The van der Waals surface area contributed by atoms with Crippen molar-refractivity contribution >= 4 is 15.9 Å². The Morgan fingerprint density at radius 3 is 2.40 bits per heavy atom. The molecule has 0 saturated heterocycles. The van der Waals surface area contributed by atoms with Crippen molar-refractivity contribution in [1.82, 2.24) is 0 Å². The Morgan fingerprint density at radius 2 is 1.80 bits per heavy atom. The molecule has 20 heavy (non-hydrogen) atoms. The van der Waals surface area contributed by atoms with E-state index >= 15 is 0 Å². The highest BCUT2D eigenvalue weighted by Crippen LogP contribution is 2.33. The predicted octanol–water partition coefficient (Wildman–Crippen LogP) is 4.65. The maximum absolute atomic E-state index is 6.40. The van der Waals surface area contributed by atoms with Crippen LogP contribution in [0.4, 0.5) is 0 Å². The highest BCUT2D eigenvalue weighted by atomic mass is 79.9. The molecular weight excluding hydrogens is 314 g/mol. The van der Waals surface area contributed by atoms with E-state index in [0.29, 0.717) is 6.61 Å². The van der Waals surface area contributed by atoms with Crippen molar-refractivity contribution in [2.45, 2.75) is 25.8 Å². The van der Waals surface area contributed by atoms with Gasteiger partial charge in [0.25, 0.3) is 0 Å². The zero-order valence-corrected chi connectivity index (χ0v) is 13.4. The Kier molecular flexibility index (Phi) is 5.21. The van der Waals surface area contributed by atoms with Crippen LogP contribution in [0.5, 0.6) is 5.75 Å². The van der Waals surface area contributed by atoms with Crippen LogP contribution in [0.1, 0.15) is 36.9 Å². The van der Waals surface area contributed by atoms with E-state index in [9.17, 15) is 0 Å². The first-order valence-corrected chi connectivity index (χ1v) is 7.65. The summed E-state index contributed by atoms with van der Waals surface area (Å²) in [5.41, 5.74) is 8.76. The van der Waals surface area contributed by atoms with Gasteiger partial charge in [-0.15, -0.1) is 0 Å². The minimum atomic E-state index is -0.0376. The van der Waals surface area contributed by atoms with Crippen LogP contribution in [0.25, 0.3) is 0 Å². The Bertz CT molecular complexity index is 556. The molecule has 0 bridgehead atoms. The monoisotopic (exact) mass is 333 g/mol. The van der Waals surface area contributed by atoms with Crippen molar-refractivity contribution in [1.29, 1.82) is 0 Å². The molecule has 2 N–H and O–H groups in total. The van der Waals surface area contributed by atoms with Gasteiger partial charge in [-0.2, -0.15) is 0 Å². The minimum absolute atomic E-state index is 0.0376. The molecule has 0 aromatic heterocycles. The van der Waals surface area contributed by atoms with Gasteiger partial charge in [0.2, 0.25) is 0 Å². The van der Waals surface area contributed by atoms with E-state index in [1.54, 1.807) is 0 Å². The van der Waals surface area contributed by atoms with E-state index in [0.717, 1.165) is 15.8 Å². The fourth-order valence-electron chi connectivity index (χ4n) is 2.25. The molecule has 0 amide bonds. The van der Waals surface area contributed by atoms with Crippen LogP contribution in [-0.4, -0.2) is 6.61 Å². The third kappa shape index (κ3) is 3.41. The molecule has 0 spiro atoms. The number of halogens is 1. The van der Waals surface area contributed by atoms with Crippen LogP contribution in [0.2, 0.25) is 0 Å². The second-order valence-corrected chi connectivity index (χ2v) is 5.70. The van der Waals surface area contributed by atoms with E-state index in [4.69, 9.17) is 10.5 Å². The summed E-state index contributed by atoms with van der Waals surface area (Å²) in [4.78, 5) is 0. The Balaban J connectivity index is 2.21. The van der Waals surface area contributed by atoms with Crippen LogP contribution >= 0.6 is 15.9 Å². The lowest BCUT2D eigenvalue weighted by atomic mass is 9.89. The normalized spacial score (nSPS) is 13.8. The summed E-state index contributed by atoms with van der Waals surface area (Å²) in [6.45, 7) is 4.79. The lowest BCUT2D eigenvalue weighted by molar-refractivity contribution is 0.338. The van der Waals surface area contributed by atoms with Gasteiger partial charge in [-0.3, -0.25) is 0 Å². The van der Waals surface area contributed by atoms with E-state index in [1.807, 2.05) is 37.3 Å². The zero-order valence-electron chi connectivity index (χ0n) is 11.8. The summed E-state index contributed by atoms with van der Waals surface area (Å²) in [7, 11) is 0. The van der Waals surface area contributed by atoms with Gasteiger partial charge in [-0.1, -0.05) is 43.3 Å². The standard InChI is InChI=1S/C17H20BrNO/c1-3-20-16-10-9-14(11-15(16)18)17(19)12(2)13-7-5-4-6-8-13/h4-12,17H,3,19H2,1-2H3. The second kappa shape index (κ2) is 6.91. The average molecular weight is 334 g/mol. The molecule has 0 aliphatic rings. The van der Waals surface area contributed by atoms with Crippen LogP contribution in [0.3, 0.4) is 0 Å². The van der Waals surface area contributed by atoms with Gasteiger partial charge < -0.3 is 10.5 Å². The summed E-state index contributed by atoms with van der Waals surface area (Å²) in [5.74, 6) is 1.12. The summed E-state index contributed by atoms with van der Waals surface area (Å²) >= 11 is 3.54. The van der Waals surface area contributed by atoms with Gasteiger partial charge in [0.05, 0.1) is 11.1 Å². The second-order valence-electron chi connectivity index (χ2n) is 4.85. The quantitative estimate of drug-likeness (QED) is 0.864. The Hall–Kier alpha value is -1.32. The first kappa shape index (κ1) is 15.1. The molecule has 0 heterocycles. The topological polar surface area (TPSA) is 35.2 Å². The number of hydrogen-bond acceptors (Lipinski definition) is 2. The highest BCUT2D eigenvalue weighted by molar-refractivity contribution is 9.10. The number of ether oxygens (including phenoxy) is 1. The number of hydrogen-bond donors (Lipinski definition) is 1. The zero-order chi connectivity index (χ0) is 14.5. The third-order valence-electron chi connectivity index (χ3n) is 3.50. The number of nitrogens with two attached hydrogens (primary N) is 1. The van der Waals surface area contributed by atoms with Gasteiger partial charge in [-0.05, 0) is 46.1 Å². The third-order valence-corrected chi connectivity index (χ3v) is 4.12. The molecule has 0 radical (unpaired) electrons. The first-order chi connectivity index (χ1) is 9.63. The summed E-state index contributed by atoms with van der Waals surface area (Å²) in [6, 6.07) is 16.4. The number of rotatable bonds is 5. The SMILES string of the molecule is CCOc1ccc(C(N)C(C)c2ccccc2)cc1Br. The predicted molar refractivity (Wildman–Crippen MR) is 87.1 cm³/mol. The van der Waals surface area contributed by atoms with Crippen LogP contribution in [0, 0.1) is 0 Å². The molecule has 0 saturated carbocycles. The molecule has 2 atom stereocenters.